The molecule has 1 saturated heterocycles. The van der Waals surface area contributed by atoms with E-state index in [-0.39, 0.29) is 23.9 Å². The van der Waals surface area contributed by atoms with Gasteiger partial charge in [-0.2, -0.15) is 0 Å². The predicted octanol–water partition coefficient (Wildman–Crippen LogP) is 2.67. The predicted molar refractivity (Wildman–Crippen MR) is 104 cm³/mol. The van der Waals surface area contributed by atoms with Crippen LogP contribution in [0.3, 0.4) is 0 Å². The van der Waals surface area contributed by atoms with E-state index in [0.29, 0.717) is 30.1 Å². The van der Waals surface area contributed by atoms with Gasteiger partial charge in [0.2, 0.25) is 5.91 Å². The fourth-order valence-corrected chi connectivity index (χ4v) is 4.03. The van der Waals surface area contributed by atoms with Crippen LogP contribution in [0.1, 0.15) is 28.1 Å². The quantitative estimate of drug-likeness (QED) is 0.760. The lowest BCUT2D eigenvalue weighted by atomic mass is 10.1. The molecule has 140 valence electrons. The topological polar surface area (TPSA) is 90.5 Å². The number of likely N-dealkylation sites (tertiary alicyclic amines) is 1. The summed E-state index contributed by atoms with van der Waals surface area (Å²) >= 11 is 1.42. The molecule has 0 saturated carbocycles. The fourth-order valence-electron chi connectivity index (χ4n) is 3.40. The van der Waals surface area contributed by atoms with Crippen molar-refractivity contribution in [2.24, 2.45) is 0 Å². The number of urea groups is 1. The van der Waals surface area contributed by atoms with Gasteiger partial charge in [-0.3, -0.25) is 9.59 Å². The van der Waals surface area contributed by atoms with Gasteiger partial charge >= 0.3 is 6.03 Å². The number of rotatable bonds is 3. The second-order valence-corrected chi connectivity index (χ2v) is 7.69. The van der Waals surface area contributed by atoms with Crippen molar-refractivity contribution in [3.63, 3.8) is 0 Å². The summed E-state index contributed by atoms with van der Waals surface area (Å²) in [7, 11) is 0. The number of piperidine rings is 1. The zero-order valence-electron chi connectivity index (χ0n) is 14.7. The Labute approximate surface area is 160 Å². The molecular weight excluding hydrogens is 364 g/mol. The second-order valence-electron chi connectivity index (χ2n) is 6.74. The van der Waals surface area contributed by atoms with Crippen molar-refractivity contribution in [1.29, 1.82) is 0 Å². The molecule has 0 spiro atoms. The summed E-state index contributed by atoms with van der Waals surface area (Å²) in [6.45, 7) is 1.18. The minimum Gasteiger partial charge on any atom is -0.348 e. The van der Waals surface area contributed by atoms with Crippen LogP contribution in [0.15, 0.2) is 35.7 Å². The molecule has 4 rings (SSSR count). The number of fused-ring (bicyclic) bond motifs is 1. The van der Waals surface area contributed by atoms with Crippen LogP contribution in [0.5, 0.6) is 0 Å². The number of benzene rings is 1. The van der Waals surface area contributed by atoms with Crippen molar-refractivity contribution in [3.05, 3.63) is 46.2 Å². The van der Waals surface area contributed by atoms with Gasteiger partial charge in [-0.1, -0.05) is 6.07 Å². The van der Waals surface area contributed by atoms with Crippen LogP contribution in [0.25, 0.3) is 0 Å². The van der Waals surface area contributed by atoms with Gasteiger partial charge < -0.3 is 20.9 Å². The van der Waals surface area contributed by atoms with Crippen molar-refractivity contribution in [3.8, 4) is 0 Å². The van der Waals surface area contributed by atoms with E-state index in [1.807, 2.05) is 29.6 Å². The minimum atomic E-state index is -0.157. The number of carbonyl (C=O) groups is 3. The van der Waals surface area contributed by atoms with E-state index in [9.17, 15) is 14.4 Å². The zero-order chi connectivity index (χ0) is 18.8. The molecular formula is C19H20N4O3S. The lowest BCUT2D eigenvalue weighted by molar-refractivity contribution is -0.115. The van der Waals surface area contributed by atoms with Gasteiger partial charge in [0, 0.05) is 30.5 Å². The Kier molecular flexibility index (Phi) is 4.81. The standard InChI is InChI=1S/C19H20N4O3S/c24-17-11-12-10-14(3-4-15(12)22-17)21-19(26)23-7-5-13(6-8-23)20-18(25)16-2-1-9-27-16/h1-4,9-10,13H,5-8,11H2,(H,20,25)(H,21,26)(H,22,24). The molecule has 0 aliphatic carbocycles. The largest absolute Gasteiger partial charge is 0.348 e. The van der Waals surface area contributed by atoms with Crippen molar-refractivity contribution < 1.29 is 14.4 Å². The highest BCUT2D eigenvalue weighted by Crippen LogP contribution is 2.26. The monoisotopic (exact) mass is 384 g/mol. The molecule has 4 amide bonds. The number of nitrogens with one attached hydrogen (secondary N) is 3. The number of hydrogen-bond acceptors (Lipinski definition) is 4. The van der Waals surface area contributed by atoms with E-state index in [1.54, 1.807) is 11.0 Å². The number of nitrogens with zero attached hydrogens (tertiary/aromatic N) is 1. The first kappa shape index (κ1) is 17.5. The minimum absolute atomic E-state index is 0.0276. The number of carbonyl (C=O) groups excluding carboxylic acids is 3. The molecule has 7 nitrogen and oxygen atoms in total. The van der Waals surface area contributed by atoms with Gasteiger partial charge in [-0.25, -0.2) is 4.79 Å². The van der Waals surface area contributed by atoms with Crippen LogP contribution in [-0.4, -0.2) is 41.9 Å². The maximum Gasteiger partial charge on any atom is 0.321 e. The summed E-state index contributed by atoms with van der Waals surface area (Å²) in [6, 6.07) is 9.02. The van der Waals surface area contributed by atoms with Gasteiger partial charge in [0.25, 0.3) is 5.91 Å². The molecule has 1 fully saturated rings. The van der Waals surface area contributed by atoms with Gasteiger partial charge in [0.05, 0.1) is 11.3 Å². The summed E-state index contributed by atoms with van der Waals surface area (Å²) in [6.07, 6.45) is 1.80. The highest BCUT2D eigenvalue weighted by molar-refractivity contribution is 7.12. The average Bonchev–Trinajstić information content (AvgIpc) is 3.30. The van der Waals surface area contributed by atoms with E-state index >= 15 is 0 Å². The summed E-state index contributed by atoms with van der Waals surface area (Å²) in [5.74, 6) is -0.0747. The lowest BCUT2D eigenvalue weighted by Crippen LogP contribution is -2.47. The third kappa shape index (κ3) is 3.95. The van der Waals surface area contributed by atoms with Crippen LogP contribution in [0, 0.1) is 0 Å². The Morgan fingerprint density at radius 2 is 2.00 bits per heavy atom. The second kappa shape index (κ2) is 7.40. The zero-order valence-corrected chi connectivity index (χ0v) is 15.5. The third-order valence-corrected chi connectivity index (χ3v) is 5.71. The first-order valence-electron chi connectivity index (χ1n) is 8.91. The molecule has 1 aromatic carbocycles. The Morgan fingerprint density at radius 1 is 1.19 bits per heavy atom. The Balaban J connectivity index is 1.28. The SMILES string of the molecule is O=C1Cc2cc(NC(=O)N3CCC(NC(=O)c4cccs4)CC3)ccc2N1. The first-order chi connectivity index (χ1) is 13.1. The fraction of sp³-hybridized carbons (Fsp3) is 0.316. The van der Waals surface area contributed by atoms with Gasteiger partial charge in [-0.05, 0) is 48.1 Å². The number of amides is 4. The van der Waals surface area contributed by atoms with E-state index < -0.39 is 0 Å². The highest BCUT2D eigenvalue weighted by Gasteiger charge is 2.25. The Hall–Kier alpha value is -2.87. The van der Waals surface area contributed by atoms with E-state index in [1.165, 1.54) is 11.3 Å². The summed E-state index contributed by atoms with van der Waals surface area (Å²) in [4.78, 5) is 38.5. The molecule has 2 aromatic rings. The molecule has 0 atom stereocenters. The van der Waals surface area contributed by atoms with E-state index in [2.05, 4.69) is 16.0 Å². The maximum absolute atomic E-state index is 12.5. The summed E-state index contributed by atoms with van der Waals surface area (Å²) in [5, 5.41) is 10.6. The van der Waals surface area contributed by atoms with Gasteiger partial charge in [0.1, 0.15) is 0 Å². The van der Waals surface area contributed by atoms with Crippen LogP contribution in [0.2, 0.25) is 0 Å². The van der Waals surface area contributed by atoms with E-state index in [0.717, 1.165) is 24.1 Å². The molecule has 27 heavy (non-hydrogen) atoms. The van der Waals surface area contributed by atoms with Crippen molar-refractivity contribution >= 4 is 40.6 Å². The smallest absolute Gasteiger partial charge is 0.321 e. The molecule has 3 N–H and O–H groups in total. The van der Waals surface area contributed by atoms with Crippen molar-refractivity contribution in [2.45, 2.75) is 25.3 Å². The lowest BCUT2D eigenvalue weighted by Gasteiger charge is -2.32. The highest BCUT2D eigenvalue weighted by atomic mass is 32.1. The van der Waals surface area contributed by atoms with Crippen LogP contribution >= 0.6 is 11.3 Å². The van der Waals surface area contributed by atoms with Gasteiger partial charge in [0.15, 0.2) is 0 Å². The van der Waals surface area contributed by atoms with Gasteiger partial charge in [-0.15, -0.1) is 11.3 Å². The van der Waals surface area contributed by atoms with Crippen LogP contribution in [0.4, 0.5) is 16.2 Å². The van der Waals surface area contributed by atoms with Crippen molar-refractivity contribution in [2.75, 3.05) is 23.7 Å². The number of hydrogen-bond donors (Lipinski definition) is 3. The molecule has 2 aliphatic heterocycles. The number of anilines is 2. The normalized spacial score (nSPS) is 16.6. The summed E-state index contributed by atoms with van der Waals surface area (Å²) < 4.78 is 0. The third-order valence-electron chi connectivity index (χ3n) is 4.84. The molecule has 0 bridgehead atoms. The van der Waals surface area contributed by atoms with Crippen LogP contribution in [-0.2, 0) is 11.2 Å². The maximum atomic E-state index is 12.5. The first-order valence-corrected chi connectivity index (χ1v) is 9.79. The molecule has 8 heteroatoms. The van der Waals surface area contributed by atoms with Crippen LogP contribution < -0.4 is 16.0 Å². The average molecular weight is 384 g/mol. The molecule has 1 aromatic heterocycles. The number of thiophene rings is 1. The Bertz CT molecular complexity index is 873. The molecule has 0 unspecified atom stereocenters. The Morgan fingerprint density at radius 3 is 2.74 bits per heavy atom. The summed E-state index contributed by atoms with van der Waals surface area (Å²) in [5.41, 5.74) is 2.39. The molecule has 3 heterocycles. The molecule has 0 radical (unpaired) electrons. The van der Waals surface area contributed by atoms with E-state index in [4.69, 9.17) is 0 Å². The molecule has 2 aliphatic rings. The van der Waals surface area contributed by atoms with Crippen molar-refractivity contribution in [1.82, 2.24) is 10.2 Å².